The largest absolute Gasteiger partial charge is 0.125 e. The predicted octanol–water partition coefficient (Wildman–Crippen LogP) is 5.45. The van der Waals surface area contributed by atoms with Crippen LogP contribution in [0.3, 0.4) is 0 Å². The highest BCUT2D eigenvalue weighted by Gasteiger charge is 2.29. The van der Waals surface area contributed by atoms with E-state index in [0.717, 1.165) is 11.8 Å². The molecule has 0 radical (unpaired) electrons. The Balaban J connectivity index is 1.70. The molecule has 0 saturated heterocycles. The molecule has 0 N–H and O–H groups in total. The first kappa shape index (κ1) is 12.9. The molecule has 2 heteroatoms. The number of hydrogen-bond acceptors (Lipinski definition) is 1. The lowest BCUT2D eigenvalue weighted by atomic mass is 9.86. The van der Waals surface area contributed by atoms with Crippen molar-refractivity contribution in [3.8, 4) is 0 Å². The van der Waals surface area contributed by atoms with E-state index in [1.54, 1.807) is 5.56 Å². The second kappa shape index (κ2) is 5.88. The number of benzene rings is 1. The molecule has 1 saturated carbocycles. The van der Waals surface area contributed by atoms with Gasteiger partial charge >= 0.3 is 0 Å². The number of hydrogen-bond donors (Lipinski definition) is 0. The van der Waals surface area contributed by atoms with Crippen LogP contribution in [0.5, 0.6) is 0 Å². The van der Waals surface area contributed by atoms with E-state index in [2.05, 4.69) is 24.3 Å². The van der Waals surface area contributed by atoms with Crippen molar-refractivity contribution < 1.29 is 0 Å². The maximum atomic E-state index is 6.59. The topological polar surface area (TPSA) is 0 Å². The molecule has 0 bridgehead atoms. The quantitative estimate of drug-likeness (QED) is 0.512. The van der Waals surface area contributed by atoms with E-state index in [1.165, 1.54) is 49.2 Å². The molecule has 18 heavy (non-hydrogen) atoms. The average Bonchev–Trinajstić information content (AvgIpc) is 2.69. The van der Waals surface area contributed by atoms with E-state index in [4.69, 9.17) is 11.6 Å². The van der Waals surface area contributed by atoms with Crippen molar-refractivity contribution in [1.29, 1.82) is 0 Å². The highest BCUT2D eigenvalue weighted by Crippen LogP contribution is 2.44. The van der Waals surface area contributed by atoms with E-state index in [9.17, 15) is 0 Å². The van der Waals surface area contributed by atoms with Crippen LogP contribution in [0.4, 0.5) is 0 Å². The Morgan fingerprint density at radius 1 is 1.11 bits per heavy atom. The number of fused-ring (bicyclic) bond motifs is 1. The van der Waals surface area contributed by atoms with Crippen molar-refractivity contribution in [2.75, 3.05) is 5.75 Å². The summed E-state index contributed by atoms with van der Waals surface area (Å²) in [6, 6.07) is 8.93. The molecule has 0 amide bonds. The van der Waals surface area contributed by atoms with Crippen LogP contribution in [-0.2, 0) is 0 Å². The molecular formula is C16H21ClS. The van der Waals surface area contributed by atoms with Crippen LogP contribution in [0.25, 0.3) is 0 Å². The fourth-order valence-corrected chi connectivity index (χ4v) is 5.05. The first-order valence-electron chi connectivity index (χ1n) is 7.20. The fourth-order valence-electron chi connectivity index (χ4n) is 3.39. The van der Waals surface area contributed by atoms with Gasteiger partial charge in [-0.25, -0.2) is 0 Å². The minimum absolute atomic E-state index is 0.422. The Hall–Kier alpha value is -0.140. The Morgan fingerprint density at radius 3 is 2.89 bits per heavy atom. The number of thioether (sulfide) groups is 1. The highest BCUT2D eigenvalue weighted by molar-refractivity contribution is 7.99. The summed E-state index contributed by atoms with van der Waals surface area (Å²) in [4.78, 5) is 1.50. The predicted molar refractivity (Wildman–Crippen MR) is 80.7 cm³/mol. The van der Waals surface area contributed by atoms with Gasteiger partial charge in [0.15, 0.2) is 0 Å². The Kier molecular flexibility index (Phi) is 4.20. The lowest BCUT2D eigenvalue weighted by molar-refractivity contribution is 0.408. The Labute approximate surface area is 119 Å². The zero-order chi connectivity index (χ0) is 12.4. The van der Waals surface area contributed by atoms with Crippen LogP contribution in [0.1, 0.15) is 50.0 Å². The van der Waals surface area contributed by atoms with Gasteiger partial charge in [0, 0.05) is 16.0 Å². The maximum absolute atomic E-state index is 6.59. The molecule has 0 aromatic heterocycles. The summed E-state index contributed by atoms with van der Waals surface area (Å²) in [5.41, 5.74) is 1.58. The van der Waals surface area contributed by atoms with Crippen LogP contribution in [-0.4, -0.2) is 11.1 Å². The van der Waals surface area contributed by atoms with Gasteiger partial charge in [-0.05, 0) is 42.7 Å². The van der Waals surface area contributed by atoms with Crippen molar-refractivity contribution in [3.05, 3.63) is 29.8 Å². The van der Waals surface area contributed by atoms with E-state index in [1.807, 2.05) is 11.8 Å². The summed E-state index contributed by atoms with van der Waals surface area (Å²) in [7, 11) is 0. The second-order valence-electron chi connectivity index (χ2n) is 5.70. The van der Waals surface area contributed by atoms with Crippen molar-refractivity contribution in [2.45, 2.75) is 54.7 Å². The van der Waals surface area contributed by atoms with E-state index >= 15 is 0 Å². The van der Waals surface area contributed by atoms with Gasteiger partial charge < -0.3 is 0 Å². The highest BCUT2D eigenvalue weighted by atomic mass is 35.5. The molecule has 1 aliphatic carbocycles. The van der Waals surface area contributed by atoms with Gasteiger partial charge in [0.05, 0.1) is 0 Å². The first-order valence-corrected chi connectivity index (χ1v) is 8.62. The monoisotopic (exact) mass is 280 g/mol. The van der Waals surface area contributed by atoms with Gasteiger partial charge in [-0.3, -0.25) is 0 Å². The minimum Gasteiger partial charge on any atom is -0.125 e. The zero-order valence-electron chi connectivity index (χ0n) is 10.8. The molecule has 1 aromatic rings. The molecule has 1 aromatic carbocycles. The van der Waals surface area contributed by atoms with Gasteiger partial charge in [-0.2, -0.15) is 0 Å². The van der Waals surface area contributed by atoms with Gasteiger partial charge in [0.25, 0.3) is 0 Å². The van der Waals surface area contributed by atoms with Crippen LogP contribution in [0.15, 0.2) is 29.2 Å². The lowest BCUT2D eigenvalue weighted by Crippen LogP contribution is -2.16. The van der Waals surface area contributed by atoms with E-state index < -0.39 is 0 Å². The maximum Gasteiger partial charge on any atom is 0.0364 e. The summed E-state index contributed by atoms with van der Waals surface area (Å²) in [5, 5.41) is 0.422. The second-order valence-corrected chi connectivity index (χ2v) is 7.32. The molecule has 1 heterocycles. The summed E-state index contributed by atoms with van der Waals surface area (Å²) in [5.74, 6) is 2.75. The van der Waals surface area contributed by atoms with Crippen LogP contribution >= 0.6 is 23.4 Å². The third-order valence-electron chi connectivity index (χ3n) is 4.45. The molecule has 3 unspecified atom stereocenters. The smallest absolute Gasteiger partial charge is 0.0364 e. The SMILES string of the molecule is ClC1CCCCCC1CC1CSc2ccccc21. The van der Waals surface area contributed by atoms with Crippen molar-refractivity contribution in [3.63, 3.8) is 0 Å². The molecule has 1 aliphatic heterocycles. The van der Waals surface area contributed by atoms with Crippen molar-refractivity contribution >= 4 is 23.4 Å². The van der Waals surface area contributed by atoms with Gasteiger partial charge in [0.2, 0.25) is 0 Å². The number of halogens is 1. The number of rotatable bonds is 2. The first-order chi connectivity index (χ1) is 8.84. The van der Waals surface area contributed by atoms with E-state index in [0.29, 0.717) is 5.38 Å². The van der Waals surface area contributed by atoms with Gasteiger partial charge in [-0.15, -0.1) is 23.4 Å². The lowest BCUT2D eigenvalue weighted by Gasteiger charge is -2.23. The third-order valence-corrected chi connectivity index (χ3v) is 6.28. The molecule has 98 valence electrons. The van der Waals surface area contributed by atoms with Gasteiger partial charge in [-0.1, -0.05) is 37.5 Å². The van der Waals surface area contributed by atoms with Crippen LogP contribution in [0.2, 0.25) is 0 Å². The van der Waals surface area contributed by atoms with Crippen molar-refractivity contribution in [1.82, 2.24) is 0 Å². The molecule has 0 spiro atoms. The standard InChI is InChI=1S/C16H21ClS/c17-15-8-3-1-2-6-12(15)10-13-11-18-16-9-5-4-7-14(13)16/h4-5,7,9,12-13,15H,1-3,6,8,10-11H2. The summed E-state index contributed by atoms with van der Waals surface area (Å²) < 4.78 is 0. The van der Waals surface area contributed by atoms with Crippen molar-refractivity contribution in [2.24, 2.45) is 5.92 Å². The Morgan fingerprint density at radius 2 is 1.94 bits per heavy atom. The molecule has 0 nitrogen and oxygen atoms in total. The summed E-state index contributed by atoms with van der Waals surface area (Å²) in [6.45, 7) is 0. The fraction of sp³-hybridized carbons (Fsp3) is 0.625. The number of alkyl halides is 1. The zero-order valence-corrected chi connectivity index (χ0v) is 12.3. The van der Waals surface area contributed by atoms with Crippen LogP contribution < -0.4 is 0 Å². The molecule has 3 atom stereocenters. The molecule has 3 rings (SSSR count). The summed E-state index contributed by atoms with van der Waals surface area (Å²) >= 11 is 8.61. The summed E-state index contributed by atoms with van der Waals surface area (Å²) in [6.07, 6.45) is 7.98. The van der Waals surface area contributed by atoms with E-state index in [-0.39, 0.29) is 0 Å². The van der Waals surface area contributed by atoms with Gasteiger partial charge in [0.1, 0.15) is 0 Å². The Bertz CT molecular complexity index is 404. The minimum atomic E-state index is 0.422. The third kappa shape index (κ3) is 2.72. The normalized spacial score (nSPS) is 31.9. The molecule has 1 fully saturated rings. The van der Waals surface area contributed by atoms with Crippen LogP contribution in [0, 0.1) is 5.92 Å². The average molecular weight is 281 g/mol. The molecular weight excluding hydrogens is 260 g/mol. The molecule has 2 aliphatic rings.